The number of aryl methyl sites for hydroxylation is 1. The molecule has 0 radical (unpaired) electrons. The molecular weight excluding hydrogens is 306 g/mol. The summed E-state index contributed by atoms with van der Waals surface area (Å²) in [5.41, 5.74) is 1.93. The summed E-state index contributed by atoms with van der Waals surface area (Å²) >= 11 is 0. The van der Waals surface area contributed by atoms with Gasteiger partial charge in [0.05, 0.1) is 19.1 Å². The molecule has 6 heteroatoms. The van der Waals surface area contributed by atoms with E-state index < -0.39 is 0 Å². The van der Waals surface area contributed by atoms with Crippen LogP contribution in [0.3, 0.4) is 0 Å². The second kappa shape index (κ2) is 7.77. The Hall–Kier alpha value is -1.92. The first kappa shape index (κ1) is 16.9. The number of hydrogen-bond donors (Lipinski definition) is 1. The molecule has 0 bridgehead atoms. The number of ether oxygens (including phenoxy) is 1. The van der Waals surface area contributed by atoms with E-state index in [2.05, 4.69) is 10.2 Å². The smallest absolute Gasteiger partial charge is 0.229 e. The van der Waals surface area contributed by atoms with Crippen LogP contribution < -0.4 is 5.32 Å². The molecular formula is C18H25N3O3. The number of morpholine rings is 1. The second-order valence-corrected chi connectivity index (χ2v) is 6.55. The Labute approximate surface area is 142 Å². The van der Waals surface area contributed by atoms with Crippen LogP contribution >= 0.6 is 0 Å². The summed E-state index contributed by atoms with van der Waals surface area (Å²) in [7, 11) is 0. The van der Waals surface area contributed by atoms with Gasteiger partial charge in [-0.1, -0.05) is 17.7 Å². The lowest BCUT2D eigenvalue weighted by Crippen LogP contribution is -2.42. The highest BCUT2D eigenvalue weighted by Crippen LogP contribution is 2.20. The molecule has 0 aromatic heterocycles. The zero-order valence-electron chi connectivity index (χ0n) is 14.2. The summed E-state index contributed by atoms with van der Waals surface area (Å²) in [6, 6.07) is 7.70. The van der Waals surface area contributed by atoms with Crippen molar-refractivity contribution in [1.82, 2.24) is 9.80 Å². The maximum absolute atomic E-state index is 12.4. The molecule has 2 aliphatic heterocycles. The van der Waals surface area contributed by atoms with Crippen molar-refractivity contribution in [3.63, 3.8) is 0 Å². The fourth-order valence-corrected chi connectivity index (χ4v) is 3.13. The van der Waals surface area contributed by atoms with Crippen molar-refractivity contribution in [2.45, 2.75) is 13.3 Å². The number of anilines is 1. The molecule has 0 saturated carbocycles. The highest BCUT2D eigenvalue weighted by Gasteiger charge is 2.34. The molecule has 2 amide bonds. The van der Waals surface area contributed by atoms with Crippen molar-refractivity contribution < 1.29 is 14.3 Å². The summed E-state index contributed by atoms with van der Waals surface area (Å²) in [6.07, 6.45) is 0.306. The van der Waals surface area contributed by atoms with E-state index in [0.717, 1.165) is 44.1 Å². The molecule has 3 rings (SSSR count). The normalized spacial score (nSPS) is 22.0. The number of carbonyl (C=O) groups excluding carboxylic acids is 2. The summed E-state index contributed by atoms with van der Waals surface area (Å²) in [5, 5.41) is 2.91. The predicted molar refractivity (Wildman–Crippen MR) is 91.8 cm³/mol. The van der Waals surface area contributed by atoms with Gasteiger partial charge < -0.3 is 15.0 Å². The van der Waals surface area contributed by atoms with Crippen LogP contribution in [0.15, 0.2) is 24.3 Å². The Morgan fingerprint density at radius 2 is 1.92 bits per heavy atom. The number of benzene rings is 1. The van der Waals surface area contributed by atoms with E-state index in [-0.39, 0.29) is 17.7 Å². The number of nitrogens with one attached hydrogen (secondary N) is 1. The van der Waals surface area contributed by atoms with Crippen molar-refractivity contribution in [3.05, 3.63) is 29.8 Å². The Balaban J connectivity index is 1.48. The monoisotopic (exact) mass is 331 g/mol. The Morgan fingerprint density at radius 3 is 2.62 bits per heavy atom. The van der Waals surface area contributed by atoms with Crippen LogP contribution in [0, 0.1) is 12.8 Å². The van der Waals surface area contributed by atoms with Crippen LogP contribution in [-0.4, -0.2) is 67.6 Å². The van der Waals surface area contributed by atoms with Gasteiger partial charge in [0.2, 0.25) is 11.8 Å². The molecule has 1 aromatic rings. The van der Waals surface area contributed by atoms with E-state index in [4.69, 9.17) is 4.74 Å². The molecule has 0 spiro atoms. The molecule has 1 unspecified atom stereocenters. The van der Waals surface area contributed by atoms with Gasteiger partial charge in [-0.15, -0.1) is 0 Å². The Morgan fingerprint density at radius 1 is 1.21 bits per heavy atom. The first-order valence-electron chi connectivity index (χ1n) is 8.57. The van der Waals surface area contributed by atoms with Crippen molar-refractivity contribution in [2.24, 2.45) is 5.92 Å². The molecule has 24 heavy (non-hydrogen) atoms. The van der Waals surface area contributed by atoms with Gasteiger partial charge in [0.25, 0.3) is 0 Å². The van der Waals surface area contributed by atoms with Gasteiger partial charge in [0.15, 0.2) is 0 Å². The van der Waals surface area contributed by atoms with E-state index in [0.29, 0.717) is 19.5 Å². The lowest BCUT2D eigenvalue weighted by molar-refractivity contribution is -0.128. The van der Waals surface area contributed by atoms with Crippen molar-refractivity contribution in [2.75, 3.05) is 51.3 Å². The highest BCUT2D eigenvalue weighted by molar-refractivity contribution is 5.97. The average molecular weight is 331 g/mol. The van der Waals surface area contributed by atoms with Crippen LogP contribution in [-0.2, 0) is 14.3 Å². The summed E-state index contributed by atoms with van der Waals surface area (Å²) in [5.74, 6) is -0.253. The fourth-order valence-electron chi connectivity index (χ4n) is 3.13. The third-order valence-electron chi connectivity index (χ3n) is 4.69. The SMILES string of the molecule is Cc1ccc(NC(=O)C2CC(=O)N(CCN3CCOCC3)C2)cc1. The number of hydrogen-bond acceptors (Lipinski definition) is 4. The van der Waals surface area contributed by atoms with Crippen LogP contribution in [0.25, 0.3) is 0 Å². The topological polar surface area (TPSA) is 61.9 Å². The molecule has 2 aliphatic rings. The Kier molecular flexibility index (Phi) is 5.48. The molecule has 0 aliphatic carbocycles. The van der Waals surface area contributed by atoms with E-state index in [1.165, 1.54) is 0 Å². The molecule has 2 heterocycles. The molecule has 2 saturated heterocycles. The van der Waals surface area contributed by atoms with Gasteiger partial charge in [0, 0.05) is 44.8 Å². The van der Waals surface area contributed by atoms with Gasteiger partial charge in [0.1, 0.15) is 0 Å². The average Bonchev–Trinajstić information content (AvgIpc) is 2.97. The minimum absolute atomic E-state index is 0.0684. The second-order valence-electron chi connectivity index (χ2n) is 6.55. The predicted octanol–water partition coefficient (Wildman–Crippen LogP) is 1.11. The van der Waals surface area contributed by atoms with Gasteiger partial charge >= 0.3 is 0 Å². The van der Waals surface area contributed by atoms with Gasteiger partial charge in [-0.2, -0.15) is 0 Å². The molecule has 6 nitrogen and oxygen atoms in total. The van der Waals surface area contributed by atoms with Gasteiger partial charge in [-0.05, 0) is 19.1 Å². The third kappa shape index (κ3) is 4.33. The summed E-state index contributed by atoms with van der Waals surface area (Å²) < 4.78 is 5.33. The van der Waals surface area contributed by atoms with Crippen LogP contribution in [0.4, 0.5) is 5.69 Å². The zero-order chi connectivity index (χ0) is 16.9. The van der Waals surface area contributed by atoms with E-state index in [1.807, 2.05) is 36.1 Å². The first-order valence-corrected chi connectivity index (χ1v) is 8.57. The van der Waals surface area contributed by atoms with Crippen molar-refractivity contribution in [1.29, 1.82) is 0 Å². The van der Waals surface area contributed by atoms with E-state index >= 15 is 0 Å². The van der Waals surface area contributed by atoms with Crippen molar-refractivity contribution in [3.8, 4) is 0 Å². The lowest BCUT2D eigenvalue weighted by atomic mass is 10.1. The van der Waals surface area contributed by atoms with Gasteiger partial charge in [-0.25, -0.2) is 0 Å². The van der Waals surface area contributed by atoms with E-state index in [9.17, 15) is 9.59 Å². The maximum atomic E-state index is 12.4. The molecule has 130 valence electrons. The third-order valence-corrected chi connectivity index (χ3v) is 4.69. The minimum atomic E-state index is -0.261. The zero-order valence-corrected chi connectivity index (χ0v) is 14.2. The molecule has 1 N–H and O–H groups in total. The van der Waals surface area contributed by atoms with Crippen molar-refractivity contribution >= 4 is 17.5 Å². The summed E-state index contributed by atoms with van der Waals surface area (Å²) in [6.45, 7) is 7.41. The van der Waals surface area contributed by atoms with Crippen LogP contribution in [0.1, 0.15) is 12.0 Å². The quantitative estimate of drug-likeness (QED) is 0.878. The number of nitrogens with zero attached hydrogens (tertiary/aromatic N) is 2. The number of rotatable bonds is 5. The van der Waals surface area contributed by atoms with Gasteiger partial charge in [-0.3, -0.25) is 14.5 Å². The molecule has 2 fully saturated rings. The largest absolute Gasteiger partial charge is 0.379 e. The molecule has 1 aromatic carbocycles. The highest BCUT2D eigenvalue weighted by atomic mass is 16.5. The first-order chi connectivity index (χ1) is 11.6. The lowest BCUT2D eigenvalue weighted by Gasteiger charge is -2.28. The minimum Gasteiger partial charge on any atom is -0.379 e. The maximum Gasteiger partial charge on any atom is 0.229 e. The molecule has 1 atom stereocenters. The fraction of sp³-hybridized carbons (Fsp3) is 0.556. The van der Waals surface area contributed by atoms with Crippen LogP contribution in [0.5, 0.6) is 0 Å². The van der Waals surface area contributed by atoms with Crippen LogP contribution in [0.2, 0.25) is 0 Å². The number of amides is 2. The number of likely N-dealkylation sites (tertiary alicyclic amines) is 1. The Bertz CT molecular complexity index is 582. The standard InChI is InChI=1S/C18H25N3O3/c1-14-2-4-16(5-3-14)19-18(23)15-12-17(22)21(13-15)7-6-20-8-10-24-11-9-20/h2-5,15H,6-13H2,1H3,(H,19,23). The van der Waals surface area contributed by atoms with E-state index in [1.54, 1.807) is 0 Å². The number of carbonyl (C=O) groups is 2. The summed E-state index contributed by atoms with van der Waals surface area (Å²) in [4.78, 5) is 28.7.